The Bertz CT molecular complexity index is 535. The number of carbonyl (C=O) groups excluding carboxylic acids is 2. The van der Waals surface area contributed by atoms with Crippen molar-refractivity contribution < 1.29 is 29.1 Å². The van der Waals surface area contributed by atoms with E-state index >= 15 is 0 Å². The molecule has 1 amide bonds. The van der Waals surface area contributed by atoms with Gasteiger partial charge in [-0.1, -0.05) is 46.0 Å². The molecule has 1 heterocycles. The van der Waals surface area contributed by atoms with Crippen molar-refractivity contribution in [3.63, 3.8) is 0 Å². The third kappa shape index (κ3) is 9.82. The number of aliphatic carboxylic acids is 1. The Labute approximate surface area is 167 Å². The van der Waals surface area contributed by atoms with E-state index in [1.165, 1.54) is 5.06 Å². The van der Waals surface area contributed by atoms with E-state index in [2.05, 4.69) is 18.8 Å². The van der Waals surface area contributed by atoms with E-state index < -0.39 is 11.9 Å². The number of ether oxygens (including phenoxy) is 1. The molecule has 0 saturated carbocycles. The highest BCUT2D eigenvalue weighted by atomic mass is 16.7. The molecule has 1 atom stereocenters. The number of carboxylic acids is 1. The fourth-order valence-corrected chi connectivity index (χ4v) is 2.83. The van der Waals surface area contributed by atoms with Gasteiger partial charge in [-0.05, 0) is 12.8 Å². The number of carboxylic acid groups (broad SMARTS) is 1. The van der Waals surface area contributed by atoms with Crippen LogP contribution in [0.5, 0.6) is 0 Å². The second kappa shape index (κ2) is 14.1. The van der Waals surface area contributed by atoms with Crippen LogP contribution in [0.1, 0.15) is 84.5 Å². The first-order chi connectivity index (χ1) is 13.5. The van der Waals surface area contributed by atoms with Crippen molar-refractivity contribution in [1.82, 2.24) is 5.06 Å². The van der Waals surface area contributed by atoms with Gasteiger partial charge in [-0.2, -0.15) is 5.06 Å². The molecular weight excluding hydrogens is 364 g/mol. The summed E-state index contributed by atoms with van der Waals surface area (Å²) in [6.45, 7) is 4.73. The fourth-order valence-electron chi connectivity index (χ4n) is 2.83. The van der Waals surface area contributed by atoms with E-state index in [0.717, 1.165) is 44.9 Å². The lowest BCUT2D eigenvalue weighted by atomic mass is 10.1. The van der Waals surface area contributed by atoms with Crippen LogP contribution in [0, 0.1) is 0 Å². The smallest absolute Gasteiger partial charge is 0.306 e. The number of hydrogen-bond donors (Lipinski definition) is 1. The van der Waals surface area contributed by atoms with Crippen LogP contribution in [0.2, 0.25) is 0 Å². The van der Waals surface area contributed by atoms with Gasteiger partial charge in [0.05, 0.1) is 25.8 Å². The molecule has 0 fully saturated rings. The number of hydroxylamine groups is 2. The first kappa shape index (κ1) is 24.1. The van der Waals surface area contributed by atoms with Crippen molar-refractivity contribution in [2.24, 2.45) is 4.99 Å². The Morgan fingerprint density at radius 2 is 1.82 bits per heavy atom. The molecule has 1 N–H and O–H groups in total. The van der Waals surface area contributed by atoms with Crippen LogP contribution >= 0.6 is 0 Å². The van der Waals surface area contributed by atoms with E-state index in [0.29, 0.717) is 18.8 Å². The number of amides is 1. The summed E-state index contributed by atoms with van der Waals surface area (Å²) in [5.74, 6) is -1.33. The number of nitrogens with zero attached hydrogens (tertiary/aromatic N) is 2. The maximum absolute atomic E-state index is 12.6. The van der Waals surface area contributed by atoms with Gasteiger partial charge in [-0.15, -0.1) is 0 Å². The maximum atomic E-state index is 12.6. The Kier molecular flexibility index (Phi) is 12.1. The zero-order valence-corrected chi connectivity index (χ0v) is 17.2. The Morgan fingerprint density at radius 3 is 2.50 bits per heavy atom. The van der Waals surface area contributed by atoms with Crippen molar-refractivity contribution >= 4 is 23.7 Å². The predicted octanol–water partition coefficient (Wildman–Crippen LogP) is 3.49. The zero-order valence-electron chi connectivity index (χ0n) is 17.2. The first-order valence-corrected chi connectivity index (χ1v) is 10.4. The lowest BCUT2D eigenvalue weighted by molar-refractivity contribution is -0.183. The van der Waals surface area contributed by atoms with Crippen molar-refractivity contribution in [1.29, 1.82) is 0 Å². The van der Waals surface area contributed by atoms with Crippen LogP contribution in [0.15, 0.2) is 4.99 Å². The minimum atomic E-state index is -1.06. The van der Waals surface area contributed by atoms with Crippen LogP contribution in [0.25, 0.3) is 0 Å². The Hall–Kier alpha value is -1.96. The molecule has 1 aliphatic rings. The average Bonchev–Trinajstić information content (AvgIpc) is 2.67. The third-order valence-corrected chi connectivity index (χ3v) is 4.45. The highest BCUT2D eigenvalue weighted by Gasteiger charge is 2.28. The molecule has 8 heteroatoms. The molecule has 0 spiro atoms. The lowest BCUT2D eigenvalue weighted by Crippen LogP contribution is -2.45. The molecule has 0 saturated heterocycles. The van der Waals surface area contributed by atoms with Crippen molar-refractivity contribution in [3.05, 3.63) is 0 Å². The summed E-state index contributed by atoms with van der Waals surface area (Å²) >= 11 is 0. The molecule has 0 aromatic rings. The lowest BCUT2D eigenvalue weighted by Gasteiger charge is -2.32. The quantitative estimate of drug-likeness (QED) is 0.355. The topological polar surface area (TPSA) is 105 Å². The molecule has 160 valence electrons. The number of carbonyl (C=O) groups is 3. The molecule has 0 aliphatic carbocycles. The summed E-state index contributed by atoms with van der Waals surface area (Å²) in [6, 6.07) is 0. The van der Waals surface area contributed by atoms with Gasteiger partial charge < -0.3 is 9.84 Å². The van der Waals surface area contributed by atoms with Gasteiger partial charge in [0.15, 0.2) is 0 Å². The van der Waals surface area contributed by atoms with Gasteiger partial charge in [0.1, 0.15) is 18.5 Å². The minimum Gasteiger partial charge on any atom is -0.481 e. The summed E-state index contributed by atoms with van der Waals surface area (Å²) in [4.78, 5) is 45.0. The number of esters is 1. The van der Waals surface area contributed by atoms with E-state index in [1.807, 2.05) is 0 Å². The molecular formula is C20H34N2O6. The van der Waals surface area contributed by atoms with Gasteiger partial charge in [0, 0.05) is 6.42 Å². The SMILES string of the molecule is CCCCCC1=NCC(CCCCC)ON1C(=O)CCOC(=O)CCC(=O)O. The highest BCUT2D eigenvalue weighted by molar-refractivity contribution is 5.97. The molecule has 0 bridgehead atoms. The van der Waals surface area contributed by atoms with E-state index in [4.69, 9.17) is 14.7 Å². The number of unbranched alkanes of at least 4 members (excludes halogenated alkanes) is 4. The largest absolute Gasteiger partial charge is 0.481 e. The van der Waals surface area contributed by atoms with E-state index in [9.17, 15) is 14.4 Å². The van der Waals surface area contributed by atoms with Crippen LogP contribution < -0.4 is 0 Å². The fraction of sp³-hybridized carbons (Fsp3) is 0.800. The van der Waals surface area contributed by atoms with Crippen LogP contribution in [-0.4, -0.2) is 53.1 Å². The monoisotopic (exact) mass is 398 g/mol. The molecule has 8 nitrogen and oxygen atoms in total. The van der Waals surface area contributed by atoms with Gasteiger partial charge in [-0.3, -0.25) is 24.2 Å². The van der Waals surface area contributed by atoms with E-state index in [-0.39, 0.29) is 37.9 Å². The maximum Gasteiger partial charge on any atom is 0.306 e. The molecule has 1 aliphatic heterocycles. The zero-order chi connectivity index (χ0) is 20.8. The van der Waals surface area contributed by atoms with Gasteiger partial charge in [-0.25, -0.2) is 0 Å². The molecule has 0 radical (unpaired) electrons. The summed E-state index contributed by atoms with van der Waals surface area (Å²) in [6.07, 6.45) is 7.27. The Balaban J connectivity index is 2.54. The van der Waals surface area contributed by atoms with Gasteiger partial charge in [0.2, 0.25) is 0 Å². The van der Waals surface area contributed by atoms with Crippen molar-refractivity contribution in [3.8, 4) is 0 Å². The second-order valence-electron chi connectivity index (χ2n) is 6.99. The first-order valence-electron chi connectivity index (χ1n) is 10.4. The number of hydrogen-bond acceptors (Lipinski definition) is 6. The van der Waals surface area contributed by atoms with Crippen molar-refractivity contribution in [2.45, 2.75) is 90.6 Å². The Morgan fingerprint density at radius 1 is 1.11 bits per heavy atom. The normalized spacial score (nSPS) is 16.6. The van der Waals surface area contributed by atoms with Gasteiger partial charge >= 0.3 is 11.9 Å². The predicted molar refractivity (Wildman–Crippen MR) is 105 cm³/mol. The second-order valence-corrected chi connectivity index (χ2v) is 6.99. The van der Waals surface area contributed by atoms with Crippen LogP contribution in [0.3, 0.4) is 0 Å². The van der Waals surface area contributed by atoms with Gasteiger partial charge in [0.25, 0.3) is 5.91 Å². The summed E-state index contributed by atoms with van der Waals surface area (Å²) in [5, 5.41) is 9.86. The summed E-state index contributed by atoms with van der Waals surface area (Å²) in [5.41, 5.74) is 0. The number of rotatable bonds is 14. The molecule has 0 aromatic heterocycles. The van der Waals surface area contributed by atoms with Crippen LogP contribution in [-0.2, 0) is 24.0 Å². The molecule has 1 unspecified atom stereocenters. The number of amidine groups is 1. The van der Waals surface area contributed by atoms with E-state index in [1.54, 1.807) is 0 Å². The number of aliphatic imine (C=N–C) groups is 1. The average molecular weight is 399 g/mol. The minimum absolute atomic E-state index is 0.0205. The molecule has 0 aromatic carbocycles. The molecule has 28 heavy (non-hydrogen) atoms. The van der Waals surface area contributed by atoms with Crippen LogP contribution in [0.4, 0.5) is 0 Å². The standard InChI is InChI=1S/C20H34N2O6/c1-3-5-7-9-16-15-21-17(10-8-6-4-2)22(28-16)18(23)13-14-27-20(26)12-11-19(24)25/h16H,3-15H2,1-2H3,(H,24,25). The summed E-state index contributed by atoms with van der Waals surface area (Å²) < 4.78 is 4.95. The summed E-state index contributed by atoms with van der Waals surface area (Å²) in [7, 11) is 0. The third-order valence-electron chi connectivity index (χ3n) is 4.45. The van der Waals surface area contributed by atoms with Crippen molar-refractivity contribution in [2.75, 3.05) is 13.2 Å². The highest BCUT2D eigenvalue weighted by Crippen LogP contribution is 2.18. The molecule has 1 rings (SSSR count).